The lowest BCUT2D eigenvalue weighted by Crippen LogP contribution is -1.85. The number of aliphatic hydroxyl groups is 1. The average Bonchev–Trinajstić information content (AvgIpc) is 2.38. The molecule has 0 radical (unpaired) electrons. The van der Waals surface area contributed by atoms with E-state index in [0.717, 1.165) is 11.3 Å². The first kappa shape index (κ1) is 19.6. The van der Waals surface area contributed by atoms with Crippen LogP contribution in [0.1, 0.15) is 52.8 Å². The zero-order valence-corrected chi connectivity index (χ0v) is 11.3. The second-order valence-electron chi connectivity index (χ2n) is 1.97. The zero-order chi connectivity index (χ0) is 12.7. The normalized spacial score (nSPS) is 6.93. The van der Waals surface area contributed by atoms with E-state index in [9.17, 15) is 0 Å². The SMILES string of the molecule is CC.CC.CC.Cc1ccc(CO)cn1. The van der Waals surface area contributed by atoms with Crippen molar-refractivity contribution < 1.29 is 5.11 Å². The molecular formula is C13H27NO. The van der Waals surface area contributed by atoms with E-state index in [1.54, 1.807) is 6.20 Å². The molecule has 0 atom stereocenters. The van der Waals surface area contributed by atoms with Crippen LogP contribution in [0.2, 0.25) is 0 Å². The molecule has 1 aromatic rings. The molecule has 0 aromatic carbocycles. The van der Waals surface area contributed by atoms with Crippen LogP contribution in [0, 0.1) is 6.92 Å². The molecule has 1 N–H and O–H groups in total. The third kappa shape index (κ3) is 13.1. The Morgan fingerprint density at radius 3 is 1.73 bits per heavy atom. The van der Waals surface area contributed by atoms with Gasteiger partial charge in [0.2, 0.25) is 0 Å². The number of aryl methyl sites for hydroxylation is 1. The molecule has 1 rings (SSSR count). The highest BCUT2D eigenvalue weighted by Gasteiger charge is 1.87. The molecule has 2 nitrogen and oxygen atoms in total. The summed E-state index contributed by atoms with van der Waals surface area (Å²) in [6.07, 6.45) is 1.68. The Kier molecular flexibility index (Phi) is 24.6. The minimum absolute atomic E-state index is 0.0767. The Morgan fingerprint density at radius 2 is 1.47 bits per heavy atom. The highest BCUT2D eigenvalue weighted by Crippen LogP contribution is 1.97. The highest BCUT2D eigenvalue weighted by molar-refractivity contribution is 5.11. The van der Waals surface area contributed by atoms with Gasteiger partial charge in [-0.3, -0.25) is 4.98 Å². The molecule has 0 unspecified atom stereocenters. The van der Waals surface area contributed by atoms with Crippen molar-refractivity contribution >= 4 is 0 Å². The van der Waals surface area contributed by atoms with Gasteiger partial charge >= 0.3 is 0 Å². The standard InChI is InChI=1S/C7H9NO.3C2H6/c1-6-2-3-7(5-9)4-8-6;3*1-2/h2-4,9H,5H2,1H3;3*1-2H3. The molecule has 1 heterocycles. The summed E-state index contributed by atoms with van der Waals surface area (Å²) < 4.78 is 0. The van der Waals surface area contributed by atoms with Gasteiger partial charge in [-0.25, -0.2) is 0 Å². The van der Waals surface area contributed by atoms with Gasteiger partial charge in [0.05, 0.1) is 6.61 Å². The van der Waals surface area contributed by atoms with E-state index >= 15 is 0 Å². The zero-order valence-electron chi connectivity index (χ0n) is 11.3. The van der Waals surface area contributed by atoms with Gasteiger partial charge in [0.15, 0.2) is 0 Å². The quantitative estimate of drug-likeness (QED) is 0.766. The lowest BCUT2D eigenvalue weighted by atomic mass is 10.3. The minimum Gasteiger partial charge on any atom is -0.392 e. The Labute approximate surface area is 95.4 Å². The fraction of sp³-hybridized carbons (Fsp3) is 0.615. The smallest absolute Gasteiger partial charge is 0.0696 e. The van der Waals surface area contributed by atoms with Crippen LogP contribution in [0.5, 0.6) is 0 Å². The molecule has 0 aliphatic heterocycles. The summed E-state index contributed by atoms with van der Waals surface area (Å²) in [5.74, 6) is 0. The van der Waals surface area contributed by atoms with Gasteiger partial charge in [-0.1, -0.05) is 47.6 Å². The number of pyridine rings is 1. The van der Waals surface area contributed by atoms with Gasteiger partial charge in [-0.15, -0.1) is 0 Å². The van der Waals surface area contributed by atoms with Crippen LogP contribution in [-0.2, 0) is 6.61 Å². The van der Waals surface area contributed by atoms with Gasteiger partial charge in [-0.2, -0.15) is 0 Å². The molecule has 2 heteroatoms. The Balaban J connectivity index is -0.000000208. The Bertz CT molecular complexity index is 182. The van der Waals surface area contributed by atoms with Crippen LogP contribution in [0.25, 0.3) is 0 Å². The molecule has 0 bridgehead atoms. The minimum atomic E-state index is 0.0767. The summed E-state index contributed by atoms with van der Waals surface area (Å²) in [5.41, 5.74) is 1.84. The molecule has 0 aliphatic rings. The number of hydrogen-bond donors (Lipinski definition) is 1. The van der Waals surface area contributed by atoms with Gasteiger partial charge in [-0.05, 0) is 18.6 Å². The van der Waals surface area contributed by atoms with E-state index in [0.29, 0.717) is 0 Å². The highest BCUT2D eigenvalue weighted by atomic mass is 16.3. The van der Waals surface area contributed by atoms with Crippen LogP contribution >= 0.6 is 0 Å². The molecule has 15 heavy (non-hydrogen) atoms. The van der Waals surface area contributed by atoms with Crippen molar-refractivity contribution in [2.75, 3.05) is 0 Å². The van der Waals surface area contributed by atoms with Gasteiger partial charge in [0.25, 0.3) is 0 Å². The molecule has 0 spiro atoms. The molecule has 0 saturated carbocycles. The van der Waals surface area contributed by atoms with Crippen molar-refractivity contribution in [1.29, 1.82) is 0 Å². The van der Waals surface area contributed by atoms with Gasteiger partial charge in [0, 0.05) is 11.9 Å². The van der Waals surface area contributed by atoms with Crippen molar-refractivity contribution in [3.8, 4) is 0 Å². The predicted octanol–water partition coefficient (Wildman–Crippen LogP) is 3.96. The predicted molar refractivity (Wildman–Crippen MR) is 68.9 cm³/mol. The molecular weight excluding hydrogens is 186 g/mol. The third-order valence-electron chi connectivity index (χ3n) is 1.16. The molecule has 1 aromatic heterocycles. The largest absolute Gasteiger partial charge is 0.392 e. The van der Waals surface area contributed by atoms with Crippen LogP contribution in [0.15, 0.2) is 18.3 Å². The van der Waals surface area contributed by atoms with Crippen molar-refractivity contribution in [3.63, 3.8) is 0 Å². The van der Waals surface area contributed by atoms with Crippen molar-refractivity contribution in [3.05, 3.63) is 29.6 Å². The summed E-state index contributed by atoms with van der Waals surface area (Å²) in [4.78, 5) is 3.99. The number of nitrogens with zero attached hydrogens (tertiary/aromatic N) is 1. The number of rotatable bonds is 1. The fourth-order valence-corrected chi connectivity index (χ4v) is 0.592. The van der Waals surface area contributed by atoms with E-state index in [-0.39, 0.29) is 6.61 Å². The molecule has 0 saturated heterocycles. The number of aromatic nitrogens is 1. The number of aliphatic hydroxyl groups excluding tert-OH is 1. The first-order valence-corrected chi connectivity index (χ1v) is 5.85. The van der Waals surface area contributed by atoms with E-state index < -0.39 is 0 Å². The van der Waals surface area contributed by atoms with Crippen LogP contribution < -0.4 is 0 Å². The monoisotopic (exact) mass is 213 g/mol. The maximum absolute atomic E-state index is 8.59. The topological polar surface area (TPSA) is 33.1 Å². The second kappa shape index (κ2) is 18.8. The van der Waals surface area contributed by atoms with Gasteiger partial charge < -0.3 is 5.11 Å². The van der Waals surface area contributed by atoms with Crippen LogP contribution in [0.3, 0.4) is 0 Å². The summed E-state index contributed by atoms with van der Waals surface area (Å²) in [6, 6.07) is 3.74. The maximum Gasteiger partial charge on any atom is 0.0696 e. The Morgan fingerprint density at radius 1 is 1.00 bits per heavy atom. The first-order chi connectivity index (χ1) is 7.33. The van der Waals surface area contributed by atoms with Crippen molar-refractivity contribution in [1.82, 2.24) is 4.98 Å². The summed E-state index contributed by atoms with van der Waals surface area (Å²) in [6.45, 7) is 14.0. The summed E-state index contributed by atoms with van der Waals surface area (Å²) in [5, 5.41) is 8.59. The molecule has 0 aliphatic carbocycles. The maximum atomic E-state index is 8.59. The van der Waals surface area contributed by atoms with E-state index in [2.05, 4.69) is 4.98 Å². The summed E-state index contributed by atoms with van der Waals surface area (Å²) >= 11 is 0. The van der Waals surface area contributed by atoms with E-state index in [4.69, 9.17) is 5.11 Å². The number of hydrogen-bond acceptors (Lipinski definition) is 2. The summed E-state index contributed by atoms with van der Waals surface area (Å²) in [7, 11) is 0. The van der Waals surface area contributed by atoms with E-state index in [1.165, 1.54) is 0 Å². The second-order valence-corrected chi connectivity index (χ2v) is 1.97. The molecule has 90 valence electrons. The van der Waals surface area contributed by atoms with Crippen molar-refractivity contribution in [2.45, 2.75) is 55.1 Å². The van der Waals surface area contributed by atoms with Crippen LogP contribution in [0.4, 0.5) is 0 Å². The average molecular weight is 213 g/mol. The first-order valence-electron chi connectivity index (χ1n) is 5.85. The van der Waals surface area contributed by atoms with Gasteiger partial charge in [0.1, 0.15) is 0 Å². The fourth-order valence-electron chi connectivity index (χ4n) is 0.592. The lowest BCUT2D eigenvalue weighted by Gasteiger charge is -1.93. The Hall–Kier alpha value is -0.890. The molecule has 0 amide bonds. The van der Waals surface area contributed by atoms with E-state index in [1.807, 2.05) is 60.6 Å². The van der Waals surface area contributed by atoms with Crippen molar-refractivity contribution in [2.24, 2.45) is 0 Å². The lowest BCUT2D eigenvalue weighted by molar-refractivity contribution is 0.281. The van der Waals surface area contributed by atoms with Crippen LogP contribution in [-0.4, -0.2) is 10.1 Å². The molecule has 0 fully saturated rings. The third-order valence-corrected chi connectivity index (χ3v) is 1.16.